The number of aromatic nitrogens is 4. The van der Waals surface area contributed by atoms with Gasteiger partial charge in [0.25, 0.3) is 5.91 Å². The third-order valence-corrected chi connectivity index (χ3v) is 4.62. The molecule has 0 unspecified atom stereocenters. The predicted octanol–water partition coefficient (Wildman–Crippen LogP) is 2.95. The fraction of sp³-hybridized carbons (Fsp3) is 0.200. The van der Waals surface area contributed by atoms with E-state index in [-0.39, 0.29) is 40.3 Å². The number of nitrogens with zero attached hydrogens (tertiary/aromatic N) is 4. The van der Waals surface area contributed by atoms with Crippen LogP contribution in [0.1, 0.15) is 15.9 Å². The zero-order valence-corrected chi connectivity index (χ0v) is 18.9. The van der Waals surface area contributed by atoms with E-state index in [0.29, 0.717) is 11.3 Å². The Labute approximate surface area is 198 Å². The van der Waals surface area contributed by atoms with E-state index >= 15 is 0 Å². The number of rotatable bonds is 9. The molecule has 3 N–H and O–H groups in total. The molecule has 0 fully saturated rings. The molecule has 2 aromatic heterocycles. The maximum atomic E-state index is 12.4. The van der Waals surface area contributed by atoms with Crippen molar-refractivity contribution in [2.75, 3.05) is 24.9 Å². The number of ether oxygens (including phenoxy) is 2. The minimum Gasteiger partial charge on any atom is -0.480 e. The SMILES string of the molecule is COc1nc(N[C@@H](Cc2ccc(NC(=O)c3cc(Cl)nc(Cl)c3)cc2)C(=O)O)nc(OC)n1. The molecule has 0 aliphatic rings. The zero-order chi connectivity index (χ0) is 24.0. The summed E-state index contributed by atoms with van der Waals surface area (Å²) in [5.41, 5.74) is 1.44. The first-order valence-corrected chi connectivity index (χ1v) is 10.1. The van der Waals surface area contributed by atoms with Crippen molar-refractivity contribution in [3.05, 3.63) is 57.8 Å². The maximum Gasteiger partial charge on any atom is 0.326 e. The molecular formula is C20H18Cl2N6O5. The van der Waals surface area contributed by atoms with Crippen molar-refractivity contribution < 1.29 is 24.2 Å². The molecule has 13 heteroatoms. The Kier molecular flexibility index (Phi) is 7.80. The van der Waals surface area contributed by atoms with Gasteiger partial charge in [-0.2, -0.15) is 9.97 Å². The number of aliphatic carboxylic acids is 1. The number of carboxylic acids is 1. The number of nitrogens with one attached hydrogen (secondary N) is 2. The molecule has 2 heterocycles. The van der Waals surface area contributed by atoms with Gasteiger partial charge in [-0.25, -0.2) is 9.78 Å². The van der Waals surface area contributed by atoms with Gasteiger partial charge in [-0.1, -0.05) is 35.3 Å². The molecule has 0 spiro atoms. The summed E-state index contributed by atoms with van der Waals surface area (Å²) >= 11 is 11.7. The molecule has 3 aromatic rings. The number of halogens is 2. The normalized spacial score (nSPS) is 11.4. The monoisotopic (exact) mass is 492 g/mol. The van der Waals surface area contributed by atoms with Gasteiger partial charge < -0.3 is 25.2 Å². The molecule has 0 bridgehead atoms. The van der Waals surface area contributed by atoms with E-state index in [4.69, 9.17) is 32.7 Å². The molecular weight excluding hydrogens is 475 g/mol. The van der Waals surface area contributed by atoms with Crippen LogP contribution in [0.3, 0.4) is 0 Å². The molecule has 1 aromatic carbocycles. The second-order valence-corrected chi connectivity index (χ2v) is 7.30. The van der Waals surface area contributed by atoms with Crippen molar-refractivity contribution in [1.29, 1.82) is 0 Å². The van der Waals surface area contributed by atoms with E-state index in [1.807, 2.05) is 0 Å². The van der Waals surface area contributed by atoms with E-state index in [1.165, 1.54) is 26.4 Å². The van der Waals surface area contributed by atoms with Gasteiger partial charge in [0.05, 0.1) is 14.2 Å². The number of carboxylic acid groups (broad SMARTS) is 1. The largest absolute Gasteiger partial charge is 0.480 e. The lowest BCUT2D eigenvalue weighted by Crippen LogP contribution is -2.32. The number of benzene rings is 1. The van der Waals surface area contributed by atoms with Crippen molar-refractivity contribution in [2.45, 2.75) is 12.5 Å². The van der Waals surface area contributed by atoms with Gasteiger partial charge in [-0.3, -0.25) is 4.79 Å². The van der Waals surface area contributed by atoms with Gasteiger partial charge in [0.15, 0.2) is 0 Å². The van der Waals surface area contributed by atoms with E-state index < -0.39 is 17.9 Å². The van der Waals surface area contributed by atoms with Crippen LogP contribution in [-0.2, 0) is 11.2 Å². The van der Waals surface area contributed by atoms with Gasteiger partial charge in [-0.05, 0) is 29.8 Å². The van der Waals surface area contributed by atoms with Crippen molar-refractivity contribution in [1.82, 2.24) is 19.9 Å². The minimum absolute atomic E-state index is 0.00958. The van der Waals surface area contributed by atoms with Crippen molar-refractivity contribution in [3.63, 3.8) is 0 Å². The number of hydrogen-bond acceptors (Lipinski definition) is 9. The summed E-state index contributed by atoms with van der Waals surface area (Å²) in [6, 6.07) is 8.36. The predicted molar refractivity (Wildman–Crippen MR) is 120 cm³/mol. The topological polar surface area (TPSA) is 148 Å². The molecule has 0 saturated heterocycles. The minimum atomic E-state index is -1.11. The van der Waals surface area contributed by atoms with Crippen LogP contribution in [0.15, 0.2) is 36.4 Å². The molecule has 0 radical (unpaired) electrons. The lowest BCUT2D eigenvalue weighted by Gasteiger charge is -2.15. The first-order chi connectivity index (χ1) is 15.8. The zero-order valence-electron chi connectivity index (χ0n) is 17.4. The Bertz CT molecular complexity index is 1120. The number of anilines is 2. The fourth-order valence-electron chi connectivity index (χ4n) is 2.70. The molecule has 1 atom stereocenters. The molecule has 11 nitrogen and oxygen atoms in total. The van der Waals surface area contributed by atoms with Crippen molar-refractivity contribution in [3.8, 4) is 12.0 Å². The summed E-state index contributed by atoms with van der Waals surface area (Å²) in [5, 5.41) is 15.3. The Balaban J connectivity index is 1.69. The summed E-state index contributed by atoms with van der Waals surface area (Å²) in [5.74, 6) is -1.54. The van der Waals surface area contributed by atoms with Crippen LogP contribution in [0, 0.1) is 0 Å². The second-order valence-electron chi connectivity index (χ2n) is 6.52. The van der Waals surface area contributed by atoms with E-state index in [1.54, 1.807) is 24.3 Å². The lowest BCUT2D eigenvalue weighted by molar-refractivity contribution is -0.137. The van der Waals surface area contributed by atoms with Crippen LogP contribution in [0.5, 0.6) is 12.0 Å². The summed E-state index contributed by atoms with van der Waals surface area (Å²) in [6.45, 7) is 0. The van der Waals surface area contributed by atoms with E-state index in [9.17, 15) is 14.7 Å². The smallest absolute Gasteiger partial charge is 0.326 e. The lowest BCUT2D eigenvalue weighted by atomic mass is 10.1. The second kappa shape index (κ2) is 10.7. The maximum absolute atomic E-state index is 12.4. The number of amides is 1. The van der Waals surface area contributed by atoms with Crippen LogP contribution in [0.25, 0.3) is 0 Å². The van der Waals surface area contributed by atoms with Crippen molar-refractivity contribution >= 4 is 46.7 Å². The number of hydrogen-bond donors (Lipinski definition) is 3. The Hall–Kier alpha value is -3.70. The summed E-state index contributed by atoms with van der Waals surface area (Å²) in [4.78, 5) is 39.8. The van der Waals surface area contributed by atoms with Crippen LogP contribution in [-0.4, -0.2) is 57.2 Å². The van der Waals surface area contributed by atoms with Gasteiger partial charge in [0.1, 0.15) is 16.3 Å². The van der Waals surface area contributed by atoms with Gasteiger partial charge in [0.2, 0.25) is 5.95 Å². The Morgan fingerprint density at radius 2 is 1.55 bits per heavy atom. The number of carbonyl (C=O) groups excluding carboxylic acids is 1. The average Bonchev–Trinajstić information content (AvgIpc) is 2.78. The Morgan fingerprint density at radius 3 is 2.06 bits per heavy atom. The van der Waals surface area contributed by atoms with Gasteiger partial charge >= 0.3 is 18.0 Å². The molecule has 1 amide bonds. The highest BCUT2D eigenvalue weighted by molar-refractivity contribution is 6.33. The molecule has 0 aliphatic heterocycles. The number of carbonyl (C=O) groups is 2. The van der Waals surface area contributed by atoms with Crippen LogP contribution in [0.2, 0.25) is 10.3 Å². The Morgan fingerprint density at radius 1 is 0.970 bits per heavy atom. The highest BCUT2D eigenvalue weighted by Gasteiger charge is 2.20. The third-order valence-electron chi connectivity index (χ3n) is 4.24. The summed E-state index contributed by atoms with van der Waals surface area (Å²) in [7, 11) is 2.73. The number of methoxy groups -OCH3 is 2. The first kappa shape index (κ1) is 24.0. The van der Waals surface area contributed by atoms with Gasteiger partial charge in [0, 0.05) is 17.7 Å². The van der Waals surface area contributed by atoms with Crippen molar-refractivity contribution in [2.24, 2.45) is 0 Å². The summed E-state index contributed by atoms with van der Waals surface area (Å²) < 4.78 is 9.93. The van der Waals surface area contributed by atoms with E-state index in [2.05, 4.69) is 30.6 Å². The molecule has 33 heavy (non-hydrogen) atoms. The third kappa shape index (κ3) is 6.64. The molecule has 0 aliphatic carbocycles. The highest BCUT2D eigenvalue weighted by atomic mass is 35.5. The molecule has 0 saturated carbocycles. The van der Waals surface area contributed by atoms with E-state index in [0.717, 1.165) is 0 Å². The molecule has 172 valence electrons. The number of pyridine rings is 1. The van der Waals surface area contributed by atoms with Crippen LogP contribution in [0.4, 0.5) is 11.6 Å². The summed E-state index contributed by atoms with van der Waals surface area (Å²) in [6.07, 6.45) is 0.107. The van der Waals surface area contributed by atoms with Gasteiger partial charge in [-0.15, -0.1) is 4.98 Å². The highest BCUT2D eigenvalue weighted by Crippen LogP contribution is 2.18. The average molecular weight is 493 g/mol. The first-order valence-electron chi connectivity index (χ1n) is 9.34. The quantitative estimate of drug-likeness (QED) is 0.380. The van der Waals surface area contributed by atoms with Crippen LogP contribution < -0.4 is 20.1 Å². The standard InChI is InChI=1S/C20H18Cl2N6O5/c1-32-19-26-18(27-20(28-19)33-2)24-13(17(30)31)7-10-3-5-12(6-4-10)23-16(29)11-8-14(21)25-15(22)9-11/h3-6,8-9,13H,7H2,1-2H3,(H,23,29)(H,30,31)(H,24,26,27,28)/t13-/m0/s1. The molecule has 3 rings (SSSR count). The fourth-order valence-corrected chi connectivity index (χ4v) is 3.16. The van der Waals surface area contributed by atoms with Crippen LogP contribution >= 0.6 is 23.2 Å².